The van der Waals surface area contributed by atoms with Crippen LogP contribution < -0.4 is 9.64 Å². The molecule has 2 aliphatic rings. The molecule has 4 heterocycles. The number of anilines is 1. The van der Waals surface area contributed by atoms with Crippen LogP contribution in [-0.4, -0.2) is 65.8 Å². The topological polar surface area (TPSA) is 81.7 Å². The molecule has 2 N–H and O–H groups in total. The van der Waals surface area contributed by atoms with Gasteiger partial charge in [0, 0.05) is 59.8 Å². The van der Waals surface area contributed by atoms with Crippen molar-refractivity contribution in [3.63, 3.8) is 0 Å². The second-order valence-corrected chi connectivity index (χ2v) is 8.68. The van der Waals surface area contributed by atoms with Gasteiger partial charge in [-0.2, -0.15) is 4.98 Å². The molecule has 0 saturated carbocycles. The Balaban J connectivity index is 1.46. The molecule has 0 aliphatic carbocycles. The number of aromatic carboxylic acids is 1. The van der Waals surface area contributed by atoms with Gasteiger partial charge in [-0.05, 0) is 30.8 Å². The Morgan fingerprint density at radius 3 is 2.70 bits per heavy atom. The summed E-state index contributed by atoms with van der Waals surface area (Å²) in [6.07, 6.45) is 1.48. The number of benzene rings is 1. The molecule has 1 aromatic carbocycles. The van der Waals surface area contributed by atoms with Crippen molar-refractivity contribution in [2.24, 2.45) is 5.41 Å². The highest BCUT2D eigenvalue weighted by atomic mass is 35.5. The van der Waals surface area contributed by atoms with E-state index in [2.05, 4.69) is 21.7 Å². The molecule has 7 nitrogen and oxygen atoms in total. The van der Waals surface area contributed by atoms with E-state index in [1.807, 2.05) is 12.1 Å². The highest BCUT2D eigenvalue weighted by Crippen LogP contribution is 2.43. The number of aromatic nitrogens is 2. The predicted molar refractivity (Wildman–Crippen MR) is 117 cm³/mol. The normalized spacial score (nSPS) is 17.8. The van der Waals surface area contributed by atoms with Gasteiger partial charge in [-0.1, -0.05) is 18.5 Å². The van der Waals surface area contributed by atoms with E-state index in [1.54, 1.807) is 19.2 Å². The Labute approximate surface area is 179 Å². The van der Waals surface area contributed by atoms with Crippen LogP contribution in [0.2, 0.25) is 5.02 Å². The van der Waals surface area contributed by atoms with Gasteiger partial charge in [0.15, 0.2) is 0 Å². The van der Waals surface area contributed by atoms with Crippen molar-refractivity contribution in [2.75, 3.05) is 44.7 Å². The van der Waals surface area contributed by atoms with Crippen molar-refractivity contribution in [1.29, 1.82) is 0 Å². The van der Waals surface area contributed by atoms with Crippen LogP contribution in [0.3, 0.4) is 0 Å². The number of pyridine rings is 1. The van der Waals surface area contributed by atoms with E-state index in [0.29, 0.717) is 32.8 Å². The lowest BCUT2D eigenvalue weighted by molar-refractivity contribution is -0.0181. The zero-order chi connectivity index (χ0) is 21.0. The van der Waals surface area contributed by atoms with E-state index in [-0.39, 0.29) is 5.56 Å². The zero-order valence-corrected chi connectivity index (χ0v) is 17.7. The third-order valence-corrected chi connectivity index (χ3v) is 6.58. The smallest absolute Gasteiger partial charge is 0.337 e. The molecule has 3 aromatic rings. The fraction of sp³-hybridized carbons (Fsp3) is 0.364. The molecule has 8 heteroatoms. The van der Waals surface area contributed by atoms with Crippen LogP contribution in [0.25, 0.3) is 22.0 Å². The van der Waals surface area contributed by atoms with Crippen LogP contribution in [0.15, 0.2) is 30.5 Å². The Morgan fingerprint density at radius 2 is 2.03 bits per heavy atom. The Bertz CT molecular complexity index is 1140. The summed E-state index contributed by atoms with van der Waals surface area (Å²) in [7, 11) is 1.59. The summed E-state index contributed by atoms with van der Waals surface area (Å²) in [5.41, 5.74) is 2.73. The van der Waals surface area contributed by atoms with Crippen molar-refractivity contribution in [2.45, 2.75) is 6.92 Å². The van der Waals surface area contributed by atoms with E-state index in [9.17, 15) is 9.90 Å². The number of likely N-dealkylation sites (tertiary alicyclic amines) is 1. The average molecular weight is 427 g/mol. The van der Waals surface area contributed by atoms with Crippen LogP contribution in [0.1, 0.15) is 17.3 Å². The number of hydrogen-bond acceptors (Lipinski definition) is 5. The monoisotopic (exact) mass is 426 g/mol. The SMILES string of the molecule is CCN1CC2(C1)CN(c1ccc(-c3cc4c(C(=O)O)c[nH]c4cc3Cl)c(OC)n1)C2. The molecule has 0 radical (unpaired) electrons. The number of carbonyl (C=O) groups is 1. The lowest BCUT2D eigenvalue weighted by atomic mass is 9.73. The minimum absolute atomic E-state index is 0.207. The lowest BCUT2D eigenvalue weighted by Crippen LogP contribution is -2.72. The summed E-state index contributed by atoms with van der Waals surface area (Å²) in [5.74, 6) is 0.381. The molecule has 30 heavy (non-hydrogen) atoms. The fourth-order valence-electron chi connectivity index (χ4n) is 4.75. The molecular weight excluding hydrogens is 404 g/mol. The number of aromatic amines is 1. The number of halogens is 1. The van der Waals surface area contributed by atoms with Gasteiger partial charge in [-0.25, -0.2) is 4.79 Å². The molecule has 0 unspecified atom stereocenters. The van der Waals surface area contributed by atoms with Gasteiger partial charge < -0.3 is 24.6 Å². The summed E-state index contributed by atoms with van der Waals surface area (Å²) in [6.45, 7) is 7.65. The molecule has 156 valence electrons. The number of ether oxygens (including phenoxy) is 1. The Kier molecular flexibility index (Phi) is 4.41. The number of nitrogens with one attached hydrogen (secondary N) is 1. The zero-order valence-electron chi connectivity index (χ0n) is 16.9. The van der Waals surface area contributed by atoms with Gasteiger partial charge >= 0.3 is 5.97 Å². The number of H-pyrrole nitrogens is 1. The number of hydrogen-bond donors (Lipinski definition) is 2. The number of methoxy groups -OCH3 is 1. The van der Waals surface area contributed by atoms with Gasteiger partial charge in [-0.3, -0.25) is 0 Å². The second-order valence-electron chi connectivity index (χ2n) is 8.27. The molecule has 2 aromatic heterocycles. The maximum Gasteiger partial charge on any atom is 0.337 e. The number of rotatable bonds is 5. The summed E-state index contributed by atoms with van der Waals surface area (Å²) >= 11 is 6.52. The fourth-order valence-corrected chi connectivity index (χ4v) is 5.01. The largest absolute Gasteiger partial charge is 0.480 e. The molecular formula is C22H23ClN4O3. The Hall–Kier alpha value is -2.77. The van der Waals surface area contributed by atoms with Crippen molar-refractivity contribution in [3.8, 4) is 17.0 Å². The summed E-state index contributed by atoms with van der Waals surface area (Å²) in [5, 5.41) is 10.5. The average Bonchev–Trinajstić information content (AvgIpc) is 3.08. The van der Waals surface area contributed by atoms with Gasteiger partial charge in [0.1, 0.15) is 5.82 Å². The van der Waals surface area contributed by atoms with E-state index < -0.39 is 5.97 Å². The lowest BCUT2D eigenvalue weighted by Gasteiger charge is -2.60. The van der Waals surface area contributed by atoms with E-state index in [0.717, 1.165) is 44.1 Å². The minimum atomic E-state index is -0.987. The molecule has 5 rings (SSSR count). The van der Waals surface area contributed by atoms with E-state index in [4.69, 9.17) is 21.3 Å². The highest BCUT2D eigenvalue weighted by Gasteiger charge is 2.51. The number of fused-ring (bicyclic) bond motifs is 1. The van der Waals surface area contributed by atoms with Crippen molar-refractivity contribution in [3.05, 3.63) is 41.0 Å². The van der Waals surface area contributed by atoms with Crippen molar-refractivity contribution >= 4 is 34.3 Å². The van der Waals surface area contributed by atoms with Crippen LogP contribution in [0.5, 0.6) is 5.88 Å². The first-order valence-electron chi connectivity index (χ1n) is 10.00. The van der Waals surface area contributed by atoms with Crippen LogP contribution >= 0.6 is 11.6 Å². The van der Waals surface area contributed by atoms with E-state index in [1.165, 1.54) is 6.20 Å². The Morgan fingerprint density at radius 1 is 1.27 bits per heavy atom. The quantitative estimate of drug-likeness (QED) is 0.647. The summed E-state index contributed by atoms with van der Waals surface area (Å²) in [4.78, 5) is 23.9. The van der Waals surface area contributed by atoms with E-state index >= 15 is 0 Å². The highest BCUT2D eigenvalue weighted by molar-refractivity contribution is 6.34. The molecule has 0 atom stereocenters. The molecule has 0 amide bonds. The number of carboxylic acids is 1. The van der Waals surface area contributed by atoms with Crippen LogP contribution in [0.4, 0.5) is 5.82 Å². The number of nitrogens with zero attached hydrogens (tertiary/aromatic N) is 3. The second kappa shape index (κ2) is 6.89. The van der Waals surface area contributed by atoms with Gasteiger partial charge in [0.25, 0.3) is 0 Å². The van der Waals surface area contributed by atoms with Crippen LogP contribution in [0, 0.1) is 5.41 Å². The molecule has 2 fully saturated rings. The molecule has 1 spiro atoms. The summed E-state index contributed by atoms with van der Waals surface area (Å²) < 4.78 is 5.58. The first-order valence-corrected chi connectivity index (χ1v) is 10.4. The first-order chi connectivity index (χ1) is 14.4. The first kappa shape index (κ1) is 19.2. The third-order valence-electron chi connectivity index (χ3n) is 6.27. The molecule has 0 bridgehead atoms. The van der Waals surface area contributed by atoms with Gasteiger partial charge in [0.05, 0.1) is 17.7 Å². The maximum absolute atomic E-state index is 11.5. The van der Waals surface area contributed by atoms with Gasteiger partial charge in [-0.15, -0.1) is 0 Å². The number of carboxylic acid groups (broad SMARTS) is 1. The van der Waals surface area contributed by atoms with Crippen molar-refractivity contribution in [1.82, 2.24) is 14.9 Å². The standard InChI is InChI=1S/C22H23ClN4O3/c1-3-26-9-22(10-26)11-27(12-22)19-5-4-13(20(25-19)30-2)14-6-15-16(21(28)29)8-24-18(15)7-17(14)23/h4-8,24H,3,9-12H2,1-2H3,(H,28,29). The summed E-state index contributed by atoms with van der Waals surface area (Å²) in [6, 6.07) is 7.45. The molecule has 2 aliphatic heterocycles. The molecule has 2 saturated heterocycles. The maximum atomic E-state index is 11.5. The van der Waals surface area contributed by atoms with Crippen molar-refractivity contribution < 1.29 is 14.6 Å². The van der Waals surface area contributed by atoms with Crippen LogP contribution in [-0.2, 0) is 0 Å². The van der Waals surface area contributed by atoms with Gasteiger partial charge in [0.2, 0.25) is 5.88 Å². The third kappa shape index (κ3) is 2.92. The minimum Gasteiger partial charge on any atom is -0.480 e. The predicted octanol–water partition coefficient (Wildman–Crippen LogP) is 3.73.